The third-order valence-electron chi connectivity index (χ3n) is 6.08. The van der Waals surface area contributed by atoms with E-state index in [-0.39, 0.29) is 11.3 Å². The average molecular weight is 324 g/mol. The molecule has 25 heavy (non-hydrogen) atoms. The third-order valence-corrected chi connectivity index (χ3v) is 6.08. The summed E-state index contributed by atoms with van der Waals surface area (Å²) in [4.78, 5) is 13.4. The smallest absolute Gasteiger partial charge is 0.167 e. The van der Waals surface area contributed by atoms with E-state index in [4.69, 9.17) is 0 Å². The van der Waals surface area contributed by atoms with Crippen molar-refractivity contribution in [3.05, 3.63) is 106 Å². The van der Waals surface area contributed by atoms with Crippen LogP contribution in [-0.2, 0) is 11.8 Å². The number of hydrogen-bond donors (Lipinski definition) is 0. The molecule has 0 unspecified atom stereocenters. The van der Waals surface area contributed by atoms with Gasteiger partial charge in [0.25, 0.3) is 0 Å². The third kappa shape index (κ3) is 1.81. The SMILES string of the molecule is Cc1ccc2c(c1)C(=O)[C@H]1CCc3ccccc3[C@@]21c1ccccc1. The van der Waals surface area contributed by atoms with Gasteiger partial charge in [0.1, 0.15) is 0 Å². The van der Waals surface area contributed by atoms with Gasteiger partial charge in [0.15, 0.2) is 5.78 Å². The molecule has 1 heteroatoms. The molecule has 1 nitrogen and oxygen atoms in total. The molecule has 0 spiro atoms. The van der Waals surface area contributed by atoms with E-state index in [0.717, 1.165) is 24.0 Å². The van der Waals surface area contributed by atoms with Crippen molar-refractivity contribution >= 4 is 5.78 Å². The van der Waals surface area contributed by atoms with E-state index in [0.29, 0.717) is 5.78 Å². The molecular formula is C24H20O. The zero-order valence-corrected chi connectivity index (χ0v) is 14.3. The molecule has 2 atom stereocenters. The van der Waals surface area contributed by atoms with Crippen LogP contribution in [0.5, 0.6) is 0 Å². The first kappa shape index (κ1) is 14.7. The summed E-state index contributed by atoms with van der Waals surface area (Å²) in [6, 6.07) is 25.7. The molecule has 0 saturated heterocycles. The summed E-state index contributed by atoms with van der Waals surface area (Å²) in [5.41, 5.74) is 6.86. The van der Waals surface area contributed by atoms with Crippen molar-refractivity contribution in [2.75, 3.05) is 0 Å². The minimum Gasteiger partial charge on any atom is -0.294 e. The molecule has 2 aliphatic carbocycles. The summed E-state index contributed by atoms with van der Waals surface area (Å²) in [5.74, 6) is 0.318. The maximum Gasteiger partial charge on any atom is 0.167 e. The van der Waals surface area contributed by atoms with Gasteiger partial charge in [0.2, 0.25) is 0 Å². The Kier molecular flexibility index (Phi) is 3.03. The molecule has 0 amide bonds. The van der Waals surface area contributed by atoms with Crippen LogP contribution >= 0.6 is 0 Å². The van der Waals surface area contributed by atoms with E-state index < -0.39 is 0 Å². The number of carbonyl (C=O) groups excluding carboxylic acids is 1. The molecule has 0 saturated carbocycles. The molecule has 2 aliphatic rings. The Morgan fingerprint density at radius 2 is 1.64 bits per heavy atom. The molecule has 0 fully saturated rings. The summed E-state index contributed by atoms with van der Waals surface area (Å²) >= 11 is 0. The van der Waals surface area contributed by atoms with Crippen LogP contribution in [0.15, 0.2) is 72.8 Å². The highest BCUT2D eigenvalue weighted by Gasteiger charge is 2.55. The number of ketones is 1. The van der Waals surface area contributed by atoms with E-state index in [9.17, 15) is 4.79 Å². The number of hydrogen-bond acceptors (Lipinski definition) is 1. The molecule has 0 aliphatic heterocycles. The number of fused-ring (bicyclic) bond motifs is 5. The maximum absolute atomic E-state index is 13.4. The van der Waals surface area contributed by atoms with Gasteiger partial charge >= 0.3 is 0 Å². The fraction of sp³-hybridized carbons (Fsp3) is 0.208. The minimum absolute atomic E-state index is 0.00148. The summed E-state index contributed by atoms with van der Waals surface area (Å²) in [6.07, 6.45) is 1.90. The number of rotatable bonds is 1. The summed E-state index contributed by atoms with van der Waals surface area (Å²) < 4.78 is 0. The van der Waals surface area contributed by atoms with Crippen molar-refractivity contribution in [1.29, 1.82) is 0 Å². The largest absolute Gasteiger partial charge is 0.294 e. The average Bonchev–Trinajstić information content (AvgIpc) is 2.92. The lowest BCUT2D eigenvalue weighted by Crippen LogP contribution is -2.40. The highest BCUT2D eigenvalue weighted by Crippen LogP contribution is 2.56. The summed E-state index contributed by atoms with van der Waals surface area (Å²) in [6.45, 7) is 2.07. The standard InChI is InChI=1S/C24H20O/c1-16-11-13-21-19(15-16)23(25)22-14-12-17-7-5-6-10-20(17)24(21,22)18-8-3-2-4-9-18/h2-11,13,15,22H,12,14H2,1H3/t22-,24+/m1/s1. The Morgan fingerprint density at radius 3 is 2.48 bits per heavy atom. The second kappa shape index (κ2) is 5.16. The van der Waals surface area contributed by atoms with Crippen molar-refractivity contribution < 1.29 is 4.79 Å². The molecule has 0 heterocycles. The Balaban J connectivity index is 1.93. The Labute approximate surface area is 148 Å². The first-order chi connectivity index (χ1) is 12.2. The van der Waals surface area contributed by atoms with Gasteiger partial charge in [-0.2, -0.15) is 0 Å². The van der Waals surface area contributed by atoms with Crippen LogP contribution in [0.25, 0.3) is 0 Å². The van der Waals surface area contributed by atoms with Crippen molar-refractivity contribution in [1.82, 2.24) is 0 Å². The van der Waals surface area contributed by atoms with Gasteiger partial charge in [-0.15, -0.1) is 0 Å². The van der Waals surface area contributed by atoms with E-state index >= 15 is 0 Å². The number of carbonyl (C=O) groups is 1. The molecule has 0 aromatic heterocycles. The lowest BCUT2D eigenvalue weighted by molar-refractivity contribution is 0.0897. The first-order valence-corrected chi connectivity index (χ1v) is 9.02. The number of aryl methyl sites for hydroxylation is 2. The van der Waals surface area contributed by atoms with Crippen molar-refractivity contribution in [3.8, 4) is 0 Å². The van der Waals surface area contributed by atoms with Crippen LogP contribution in [0.4, 0.5) is 0 Å². The van der Waals surface area contributed by atoms with Gasteiger partial charge in [-0.25, -0.2) is 0 Å². The fourth-order valence-electron chi connectivity index (χ4n) is 5.09. The normalized spacial score (nSPS) is 23.7. The second-order valence-electron chi connectivity index (χ2n) is 7.34. The van der Waals surface area contributed by atoms with E-state index in [1.54, 1.807) is 0 Å². The van der Waals surface area contributed by atoms with Crippen molar-refractivity contribution in [2.24, 2.45) is 5.92 Å². The van der Waals surface area contributed by atoms with Gasteiger partial charge < -0.3 is 0 Å². The number of Topliss-reactive ketones (excluding diaryl/α,β-unsaturated/α-hetero) is 1. The van der Waals surface area contributed by atoms with Gasteiger partial charge in [-0.1, -0.05) is 72.3 Å². The molecule has 3 aromatic carbocycles. The van der Waals surface area contributed by atoms with E-state index in [2.05, 4.69) is 79.7 Å². The van der Waals surface area contributed by atoms with Gasteiger partial charge in [-0.05, 0) is 48.1 Å². The van der Waals surface area contributed by atoms with Gasteiger partial charge in [0, 0.05) is 11.5 Å². The molecular weight excluding hydrogens is 304 g/mol. The molecule has 5 rings (SSSR count). The molecule has 122 valence electrons. The highest BCUT2D eigenvalue weighted by molar-refractivity contribution is 6.06. The Morgan fingerprint density at radius 1 is 0.880 bits per heavy atom. The molecule has 0 N–H and O–H groups in total. The minimum atomic E-state index is -0.337. The van der Waals surface area contributed by atoms with Crippen LogP contribution in [0, 0.1) is 12.8 Å². The topological polar surface area (TPSA) is 17.1 Å². The zero-order valence-electron chi connectivity index (χ0n) is 14.3. The van der Waals surface area contributed by atoms with Crippen molar-refractivity contribution in [3.63, 3.8) is 0 Å². The lowest BCUT2D eigenvalue weighted by Gasteiger charge is -2.42. The van der Waals surface area contributed by atoms with Crippen molar-refractivity contribution in [2.45, 2.75) is 25.2 Å². The van der Waals surface area contributed by atoms with Crippen LogP contribution in [0.2, 0.25) is 0 Å². The fourth-order valence-corrected chi connectivity index (χ4v) is 5.09. The van der Waals surface area contributed by atoms with Crippen LogP contribution < -0.4 is 0 Å². The predicted molar refractivity (Wildman–Crippen MR) is 100 cm³/mol. The Bertz CT molecular complexity index is 986. The second-order valence-corrected chi connectivity index (χ2v) is 7.34. The molecule has 0 bridgehead atoms. The lowest BCUT2D eigenvalue weighted by atomic mass is 9.59. The van der Waals surface area contributed by atoms with E-state index in [1.807, 2.05) is 0 Å². The number of benzene rings is 3. The highest BCUT2D eigenvalue weighted by atomic mass is 16.1. The summed E-state index contributed by atoms with van der Waals surface area (Å²) in [7, 11) is 0. The van der Waals surface area contributed by atoms with Crippen LogP contribution in [-0.4, -0.2) is 5.78 Å². The van der Waals surface area contributed by atoms with Gasteiger partial charge in [0.05, 0.1) is 5.41 Å². The van der Waals surface area contributed by atoms with Crippen LogP contribution in [0.3, 0.4) is 0 Å². The molecule has 3 aromatic rings. The first-order valence-electron chi connectivity index (χ1n) is 9.02. The summed E-state index contributed by atoms with van der Waals surface area (Å²) in [5, 5.41) is 0. The maximum atomic E-state index is 13.4. The predicted octanol–water partition coefficient (Wildman–Crippen LogP) is 5.09. The van der Waals surface area contributed by atoms with Gasteiger partial charge in [-0.3, -0.25) is 4.79 Å². The zero-order chi connectivity index (χ0) is 17.0. The Hall–Kier alpha value is -2.67. The monoisotopic (exact) mass is 324 g/mol. The van der Waals surface area contributed by atoms with Crippen LogP contribution in [0.1, 0.15) is 44.6 Å². The van der Waals surface area contributed by atoms with E-state index in [1.165, 1.54) is 22.3 Å². The molecule has 0 radical (unpaired) electrons. The quantitative estimate of drug-likeness (QED) is 0.609.